The molecule has 0 aromatic carbocycles. The van der Waals surface area contributed by atoms with E-state index < -0.39 is 0 Å². The second kappa shape index (κ2) is 4.20. The predicted molar refractivity (Wildman–Crippen MR) is 67.2 cm³/mol. The summed E-state index contributed by atoms with van der Waals surface area (Å²) in [6, 6.07) is 3.90. The third kappa shape index (κ3) is 2.16. The number of rotatable bonds is 4. The van der Waals surface area contributed by atoms with Gasteiger partial charge in [0, 0.05) is 18.3 Å². The van der Waals surface area contributed by atoms with E-state index in [0.29, 0.717) is 5.82 Å². The standard InChI is InChI=1S/C13H16N4/c14-13-11(2-1-6-16-13)12-8-15-9-17(12)7-5-10-3-4-10/h1-2,6,8-10H,3-5,7H2,(H2,14,16). The molecule has 2 heterocycles. The Hall–Kier alpha value is -1.84. The smallest absolute Gasteiger partial charge is 0.132 e. The Morgan fingerprint density at radius 1 is 1.41 bits per heavy atom. The first-order valence-corrected chi connectivity index (χ1v) is 6.05. The van der Waals surface area contributed by atoms with Crippen LogP contribution in [-0.4, -0.2) is 14.5 Å². The van der Waals surface area contributed by atoms with Crippen LogP contribution in [0.25, 0.3) is 11.3 Å². The maximum atomic E-state index is 5.90. The van der Waals surface area contributed by atoms with Gasteiger partial charge < -0.3 is 10.3 Å². The molecule has 0 radical (unpaired) electrons. The Labute approximate surface area is 101 Å². The highest BCUT2D eigenvalue weighted by molar-refractivity contribution is 5.70. The summed E-state index contributed by atoms with van der Waals surface area (Å²) in [5, 5.41) is 0. The van der Waals surface area contributed by atoms with Crippen LogP contribution >= 0.6 is 0 Å². The van der Waals surface area contributed by atoms with E-state index in [0.717, 1.165) is 23.7 Å². The molecule has 2 aromatic rings. The zero-order chi connectivity index (χ0) is 11.7. The number of pyridine rings is 1. The van der Waals surface area contributed by atoms with Crippen LogP contribution in [0.1, 0.15) is 19.3 Å². The molecule has 1 saturated carbocycles. The van der Waals surface area contributed by atoms with Crippen molar-refractivity contribution in [3.63, 3.8) is 0 Å². The average Bonchev–Trinajstić information content (AvgIpc) is 3.06. The highest BCUT2D eigenvalue weighted by Crippen LogP contribution is 2.33. The molecule has 0 spiro atoms. The van der Waals surface area contributed by atoms with Gasteiger partial charge >= 0.3 is 0 Å². The lowest BCUT2D eigenvalue weighted by Crippen LogP contribution is -2.02. The molecule has 0 bridgehead atoms. The molecule has 0 amide bonds. The van der Waals surface area contributed by atoms with Gasteiger partial charge in [0.1, 0.15) is 5.82 Å². The van der Waals surface area contributed by atoms with Crippen molar-refractivity contribution in [3.05, 3.63) is 30.9 Å². The SMILES string of the molecule is Nc1ncccc1-c1cncn1CCC1CC1. The summed E-state index contributed by atoms with van der Waals surface area (Å²) in [7, 11) is 0. The summed E-state index contributed by atoms with van der Waals surface area (Å²) in [4.78, 5) is 8.34. The van der Waals surface area contributed by atoms with Crippen LogP contribution in [-0.2, 0) is 6.54 Å². The van der Waals surface area contributed by atoms with Crippen molar-refractivity contribution < 1.29 is 0 Å². The number of aryl methyl sites for hydroxylation is 1. The summed E-state index contributed by atoms with van der Waals surface area (Å²) in [6.07, 6.45) is 9.47. The fraction of sp³-hybridized carbons (Fsp3) is 0.385. The van der Waals surface area contributed by atoms with Gasteiger partial charge in [0.2, 0.25) is 0 Å². The van der Waals surface area contributed by atoms with Crippen molar-refractivity contribution >= 4 is 5.82 Å². The van der Waals surface area contributed by atoms with E-state index in [9.17, 15) is 0 Å². The van der Waals surface area contributed by atoms with Crippen molar-refractivity contribution in [1.29, 1.82) is 0 Å². The molecule has 1 aliphatic rings. The number of hydrogen-bond acceptors (Lipinski definition) is 3. The van der Waals surface area contributed by atoms with Crippen LogP contribution in [0.2, 0.25) is 0 Å². The van der Waals surface area contributed by atoms with Gasteiger partial charge in [-0.05, 0) is 24.5 Å². The molecule has 3 rings (SSSR count). The molecule has 1 aliphatic carbocycles. The van der Waals surface area contributed by atoms with Gasteiger partial charge in [-0.1, -0.05) is 12.8 Å². The molecule has 0 aliphatic heterocycles. The summed E-state index contributed by atoms with van der Waals surface area (Å²) >= 11 is 0. The molecule has 1 fully saturated rings. The first-order chi connectivity index (χ1) is 8.34. The molecule has 2 N–H and O–H groups in total. The third-order valence-electron chi connectivity index (χ3n) is 3.30. The van der Waals surface area contributed by atoms with Crippen LogP contribution in [0.15, 0.2) is 30.9 Å². The predicted octanol–water partition coefficient (Wildman–Crippen LogP) is 2.33. The van der Waals surface area contributed by atoms with E-state index in [2.05, 4.69) is 14.5 Å². The van der Waals surface area contributed by atoms with E-state index in [4.69, 9.17) is 5.73 Å². The molecule has 17 heavy (non-hydrogen) atoms. The van der Waals surface area contributed by atoms with E-state index in [1.807, 2.05) is 24.7 Å². The van der Waals surface area contributed by atoms with Crippen molar-refractivity contribution in [1.82, 2.24) is 14.5 Å². The fourth-order valence-corrected chi connectivity index (χ4v) is 2.09. The summed E-state index contributed by atoms with van der Waals surface area (Å²) < 4.78 is 2.17. The van der Waals surface area contributed by atoms with Crippen LogP contribution in [0.5, 0.6) is 0 Å². The first kappa shape index (κ1) is 10.3. The van der Waals surface area contributed by atoms with Crippen LogP contribution in [0.3, 0.4) is 0 Å². The lowest BCUT2D eigenvalue weighted by molar-refractivity contribution is 0.600. The van der Waals surface area contributed by atoms with Gasteiger partial charge in [0.05, 0.1) is 18.2 Å². The zero-order valence-corrected chi connectivity index (χ0v) is 9.71. The maximum Gasteiger partial charge on any atom is 0.132 e. The minimum absolute atomic E-state index is 0.570. The first-order valence-electron chi connectivity index (χ1n) is 6.05. The van der Waals surface area contributed by atoms with E-state index in [1.165, 1.54) is 19.3 Å². The van der Waals surface area contributed by atoms with E-state index >= 15 is 0 Å². The normalized spacial score (nSPS) is 15.1. The fourth-order valence-electron chi connectivity index (χ4n) is 2.09. The lowest BCUT2D eigenvalue weighted by atomic mass is 10.2. The highest BCUT2D eigenvalue weighted by Gasteiger charge is 2.21. The zero-order valence-electron chi connectivity index (χ0n) is 9.71. The number of nitrogens with zero attached hydrogens (tertiary/aromatic N) is 3. The largest absolute Gasteiger partial charge is 0.383 e. The molecule has 2 aromatic heterocycles. The number of nitrogen functional groups attached to an aromatic ring is 1. The molecule has 88 valence electrons. The van der Waals surface area contributed by atoms with Gasteiger partial charge in [-0.3, -0.25) is 0 Å². The quantitative estimate of drug-likeness (QED) is 0.873. The Morgan fingerprint density at radius 2 is 2.29 bits per heavy atom. The maximum absolute atomic E-state index is 5.90. The second-order valence-corrected chi connectivity index (χ2v) is 4.64. The number of imidazole rings is 1. The van der Waals surface area contributed by atoms with Crippen molar-refractivity contribution in [2.75, 3.05) is 5.73 Å². The number of nitrogens with two attached hydrogens (primary N) is 1. The van der Waals surface area contributed by atoms with Gasteiger partial charge in [-0.25, -0.2) is 9.97 Å². The molecule has 0 atom stereocenters. The minimum atomic E-state index is 0.570. The highest BCUT2D eigenvalue weighted by atomic mass is 15.0. The van der Waals surface area contributed by atoms with E-state index in [-0.39, 0.29) is 0 Å². The molecular weight excluding hydrogens is 212 g/mol. The molecule has 4 heteroatoms. The lowest BCUT2D eigenvalue weighted by Gasteiger charge is -2.09. The summed E-state index contributed by atoms with van der Waals surface area (Å²) in [6.45, 7) is 1.02. The Bertz CT molecular complexity index is 514. The van der Waals surface area contributed by atoms with Gasteiger partial charge in [0.15, 0.2) is 0 Å². The second-order valence-electron chi connectivity index (χ2n) is 4.64. The van der Waals surface area contributed by atoms with Gasteiger partial charge in [-0.15, -0.1) is 0 Å². The number of aromatic nitrogens is 3. The van der Waals surface area contributed by atoms with Crippen LogP contribution in [0, 0.1) is 5.92 Å². The monoisotopic (exact) mass is 228 g/mol. The minimum Gasteiger partial charge on any atom is -0.383 e. The molecule has 0 saturated heterocycles. The van der Waals surface area contributed by atoms with Crippen molar-refractivity contribution in [2.45, 2.75) is 25.8 Å². The third-order valence-corrected chi connectivity index (χ3v) is 3.30. The summed E-state index contributed by atoms with van der Waals surface area (Å²) in [5.74, 6) is 1.50. The molecule has 0 unspecified atom stereocenters. The van der Waals surface area contributed by atoms with Crippen LogP contribution < -0.4 is 5.73 Å². The average molecular weight is 228 g/mol. The van der Waals surface area contributed by atoms with Gasteiger partial charge in [-0.2, -0.15) is 0 Å². The number of hydrogen-bond donors (Lipinski definition) is 1. The van der Waals surface area contributed by atoms with E-state index in [1.54, 1.807) is 6.20 Å². The Kier molecular flexibility index (Phi) is 2.55. The van der Waals surface area contributed by atoms with Gasteiger partial charge in [0.25, 0.3) is 0 Å². The van der Waals surface area contributed by atoms with Crippen molar-refractivity contribution in [3.8, 4) is 11.3 Å². The summed E-state index contributed by atoms with van der Waals surface area (Å²) in [5.41, 5.74) is 7.94. The molecule has 4 nitrogen and oxygen atoms in total. The Balaban J connectivity index is 1.86. The van der Waals surface area contributed by atoms with Crippen molar-refractivity contribution in [2.24, 2.45) is 5.92 Å². The Morgan fingerprint density at radius 3 is 3.06 bits per heavy atom. The number of anilines is 1. The van der Waals surface area contributed by atoms with Crippen LogP contribution in [0.4, 0.5) is 5.82 Å². The molecular formula is C13H16N4. The topological polar surface area (TPSA) is 56.7 Å².